The zero-order valence-corrected chi connectivity index (χ0v) is 26.4. The lowest BCUT2D eigenvalue weighted by molar-refractivity contribution is 0.306. The first-order valence-corrected chi connectivity index (χ1v) is 16.5. The number of allylic oxidation sites excluding steroid dienone is 1. The lowest BCUT2D eigenvalue weighted by Gasteiger charge is -2.32. The Labute approximate surface area is 288 Å². The Morgan fingerprint density at radius 3 is 1.92 bits per heavy atom. The van der Waals surface area contributed by atoms with Gasteiger partial charge in [-0.2, -0.15) is 0 Å². The van der Waals surface area contributed by atoms with Crippen LogP contribution in [-0.4, -0.2) is 15.0 Å². The van der Waals surface area contributed by atoms with Crippen molar-refractivity contribution in [3.05, 3.63) is 180 Å². The smallest absolute Gasteiger partial charge is 0.179 e. The summed E-state index contributed by atoms with van der Waals surface area (Å²) in [5, 5.41) is 0.933. The summed E-state index contributed by atoms with van der Waals surface area (Å²) in [5.41, 5.74) is 6.79. The van der Waals surface area contributed by atoms with E-state index in [0.717, 1.165) is 55.5 Å². The molecule has 0 fully saturated rings. The number of fused-ring (bicyclic) bond motifs is 12. The highest BCUT2D eigenvalue weighted by molar-refractivity contribution is 6.02. The molecule has 0 saturated heterocycles. The quantitative estimate of drug-likeness (QED) is 0.191. The third-order valence-corrected chi connectivity index (χ3v) is 9.92. The number of ether oxygens (including phenoxy) is 2. The van der Waals surface area contributed by atoms with Crippen molar-refractivity contribution in [1.29, 1.82) is 0 Å². The summed E-state index contributed by atoms with van der Waals surface area (Å²) in [4.78, 5) is 15.3. The number of hydrogen-bond donors (Lipinski definition) is 0. The number of benzene rings is 6. The predicted octanol–water partition coefficient (Wildman–Crippen LogP) is 10.1. The molecule has 0 radical (unpaired) electrons. The van der Waals surface area contributed by atoms with Crippen molar-refractivity contribution in [2.75, 3.05) is 0 Å². The van der Waals surface area contributed by atoms with Crippen molar-refractivity contribution in [3.8, 4) is 56.8 Å². The van der Waals surface area contributed by atoms with Crippen LogP contribution in [0.25, 0.3) is 62.0 Å². The maximum absolute atomic E-state index is 8.72. The van der Waals surface area contributed by atoms with Gasteiger partial charge >= 0.3 is 0 Å². The van der Waals surface area contributed by atoms with E-state index in [1.54, 1.807) is 0 Å². The third kappa shape index (κ3) is 3.59. The molecule has 1 unspecified atom stereocenters. The average molecular weight is 645 g/mol. The Hall–Kier alpha value is -6.79. The fraction of sp³-hybridized carbons (Fsp3) is 0.0227. The minimum Gasteiger partial charge on any atom is -0.458 e. The fourth-order valence-electron chi connectivity index (χ4n) is 7.86. The number of aromatic nitrogens is 3. The van der Waals surface area contributed by atoms with Gasteiger partial charge in [0.05, 0.1) is 6.93 Å². The normalized spacial score (nSPS) is 16.6. The minimum absolute atomic E-state index is 0.406. The molecule has 2 aromatic heterocycles. The van der Waals surface area contributed by atoms with Crippen LogP contribution in [0, 0.1) is 0 Å². The Balaban J connectivity index is 1.27. The van der Waals surface area contributed by atoms with E-state index in [1.165, 1.54) is 0 Å². The highest BCUT2D eigenvalue weighted by atomic mass is 16.6. The molecule has 3 heterocycles. The second kappa shape index (κ2) is 10.1. The van der Waals surface area contributed by atoms with Crippen LogP contribution in [-0.2, 0) is 5.41 Å². The fourth-order valence-corrected chi connectivity index (χ4v) is 7.86. The van der Waals surface area contributed by atoms with E-state index in [1.807, 2.05) is 127 Å². The Kier molecular flexibility index (Phi) is 5.30. The number of nitrogens with zero attached hydrogens (tertiary/aromatic N) is 3. The molecule has 2 aliphatic carbocycles. The Morgan fingerprint density at radius 2 is 1.16 bits per heavy atom. The van der Waals surface area contributed by atoms with Crippen molar-refractivity contribution in [1.82, 2.24) is 15.0 Å². The molecule has 6 aromatic carbocycles. The Bertz CT molecular complexity index is 2720. The van der Waals surface area contributed by atoms with Crippen LogP contribution in [0.3, 0.4) is 0 Å². The van der Waals surface area contributed by atoms with Crippen molar-refractivity contribution >= 4 is 16.7 Å². The van der Waals surface area contributed by atoms with Crippen LogP contribution in [0.5, 0.6) is 11.5 Å². The number of hydrogen-bond acceptors (Lipinski definition) is 6. The zero-order valence-electron chi connectivity index (χ0n) is 27.4. The summed E-state index contributed by atoms with van der Waals surface area (Å²) >= 11 is 0. The first-order chi connectivity index (χ1) is 25.2. The molecule has 0 saturated carbocycles. The van der Waals surface area contributed by atoms with E-state index in [2.05, 4.69) is 18.2 Å². The molecular weight excluding hydrogens is 619 g/mol. The van der Waals surface area contributed by atoms with E-state index in [9.17, 15) is 0 Å². The SMILES string of the molecule is [2H]c1ccc2c(c1)-c1cccc(-c3nc(-c4ccccc4)nc(-c4ccccc4)n3)c1C21C2=C(Oc3ccccc3O2)c2c1oc1ccccc21. The average Bonchev–Trinajstić information content (AvgIpc) is 3.80. The number of rotatable bonds is 3. The van der Waals surface area contributed by atoms with Crippen molar-refractivity contribution < 1.29 is 15.3 Å². The molecule has 1 aliphatic heterocycles. The third-order valence-electron chi connectivity index (χ3n) is 9.92. The first-order valence-electron chi connectivity index (χ1n) is 17.0. The van der Waals surface area contributed by atoms with E-state index in [0.29, 0.717) is 52.3 Å². The van der Waals surface area contributed by atoms with Crippen molar-refractivity contribution in [2.45, 2.75) is 5.41 Å². The van der Waals surface area contributed by atoms with Crippen LogP contribution in [0.2, 0.25) is 0 Å². The molecule has 6 nitrogen and oxygen atoms in total. The van der Waals surface area contributed by atoms with Gasteiger partial charge in [0.1, 0.15) is 16.8 Å². The van der Waals surface area contributed by atoms with Gasteiger partial charge in [-0.05, 0) is 40.5 Å². The van der Waals surface area contributed by atoms with E-state index < -0.39 is 5.41 Å². The molecule has 1 spiro atoms. The maximum atomic E-state index is 8.72. The molecule has 0 amide bonds. The lowest BCUT2D eigenvalue weighted by Crippen LogP contribution is -2.31. The van der Waals surface area contributed by atoms with Gasteiger partial charge in [-0.1, -0.05) is 133 Å². The molecule has 11 rings (SSSR count). The van der Waals surface area contributed by atoms with Crippen LogP contribution < -0.4 is 9.47 Å². The highest BCUT2D eigenvalue weighted by Gasteiger charge is 2.61. The predicted molar refractivity (Wildman–Crippen MR) is 192 cm³/mol. The minimum atomic E-state index is -1.08. The Morgan fingerprint density at radius 1 is 0.520 bits per heavy atom. The van der Waals surface area contributed by atoms with Crippen LogP contribution in [0.15, 0.2) is 162 Å². The molecule has 1 atom stereocenters. The van der Waals surface area contributed by atoms with E-state index in [4.69, 9.17) is 30.2 Å². The molecule has 6 heteroatoms. The van der Waals surface area contributed by atoms with Gasteiger partial charge in [-0.25, -0.2) is 15.0 Å². The lowest BCUT2D eigenvalue weighted by atomic mass is 9.74. The second-order valence-corrected chi connectivity index (χ2v) is 12.6. The van der Waals surface area contributed by atoms with E-state index in [-0.39, 0.29) is 0 Å². The topological polar surface area (TPSA) is 70.3 Å². The molecule has 234 valence electrons. The van der Waals surface area contributed by atoms with Crippen molar-refractivity contribution in [2.24, 2.45) is 0 Å². The van der Waals surface area contributed by atoms with Gasteiger partial charge in [-0.15, -0.1) is 0 Å². The van der Waals surface area contributed by atoms with Gasteiger partial charge in [0.2, 0.25) is 0 Å². The summed E-state index contributed by atoms with van der Waals surface area (Å²) in [6, 6.07) is 48.1. The van der Waals surface area contributed by atoms with Gasteiger partial charge in [0, 0.05) is 22.1 Å². The first kappa shape index (κ1) is 26.2. The van der Waals surface area contributed by atoms with Crippen LogP contribution >= 0.6 is 0 Å². The summed E-state index contributed by atoms with van der Waals surface area (Å²) in [6.07, 6.45) is 0. The molecule has 50 heavy (non-hydrogen) atoms. The van der Waals surface area contributed by atoms with Crippen LogP contribution in [0.1, 0.15) is 23.8 Å². The van der Waals surface area contributed by atoms with Gasteiger partial charge in [-0.3, -0.25) is 0 Å². The number of para-hydroxylation sites is 3. The zero-order chi connectivity index (χ0) is 33.7. The van der Waals surface area contributed by atoms with Gasteiger partial charge in [0.15, 0.2) is 40.5 Å². The molecule has 0 bridgehead atoms. The van der Waals surface area contributed by atoms with E-state index >= 15 is 0 Å². The maximum Gasteiger partial charge on any atom is 0.179 e. The molecule has 8 aromatic rings. The van der Waals surface area contributed by atoms with Crippen LogP contribution in [0.4, 0.5) is 0 Å². The largest absolute Gasteiger partial charge is 0.458 e. The van der Waals surface area contributed by atoms with Crippen molar-refractivity contribution in [3.63, 3.8) is 0 Å². The monoisotopic (exact) mass is 644 g/mol. The molecule has 3 aliphatic rings. The second-order valence-electron chi connectivity index (χ2n) is 12.6. The summed E-state index contributed by atoms with van der Waals surface area (Å²) < 4.78 is 29.5. The summed E-state index contributed by atoms with van der Waals surface area (Å²) in [5.74, 6) is 4.83. The molecular formula is C44H25N3O3. The highest BCUT2D eigenvalue weighted by Crippen LogP contribution is 2.66. The molecule has 0 N–H and O–H groups in total. The summed E-state index contributed by atoms with van der Waals surface area (Å²) in [7, 11) is 0. The number of furan rings is 1. The summed E-state index contributed by atoms with van der Waals surface area (Å²) in [6.45, 7) is 0. The standard InChI is InChI=1S/C44H25N3O3/c1-3-14-26(15-4-1)41-45-42(27-16-5-2-6-17-27)47-43(46-41)31-21-13-20-29-28-18-7-9-22-32(28)44(37(29)31)39-36(30-19-8-10-23-33(30)49-39)38-40(44)50-35-25-12-11-24-34(35)48-38/h1-25H/i7D. The van der Waals surface area contributed by atoms with Gasteiger partial charge in [0.25, 0.3) is 0 Å². The van der Waals surface area contributed by atoms with Gasteiger partial charge < -0.3 is 13.9 Å².